The standard InChI is InChI=1S/C11H9BrO2/c12-11-5-9(14)4-8-2-1-7(6-13)3-10(8)11/h1-5,13-14H,6H2. The smallest absolute Gasteiger partial charge is 0.117 e. The lowest BCUT2D eigenvalue weighted by atomic mass is 10.1. The van der Waals surface area contributed by atoms with Crippen molar-refractivity contribution in [2.24, 2.45) is 0 Å². The second kappa shape index (κ2) is 3.59. The van der Waals surface area contributed by atoms with E-state index in [4.69, 9.17) is 5.11 Å². The summed E-state index contributed by atoms with van der Waals surface area (Å²) in [5.74, 6) is 0.237. The van der Waals surface area contributed by atoms with Gasteiger partial charge < -0.3 is 10.2 Å². The van der Waals surface area contributed by atoms with E-state index in [-0.39, 0.29) is 12.4 Å². The molecule has 0 aliphatic rings. The number of aliphatic hydroxyl groups is 1. The Morgan fingerprint density at radius 2 is 1.93 bits per heavy atom. The van der Waals surface area contributed by atoms with Crippen LogP contribution in [0, 0.1) is 0 Å². The lowest BCUT2D eigenvalue weighted by molar-refractivity contribution is 0.282. The number of fused-ring (bicyclic) bond motifs is 1. The molecule has 14 heavy (non-hydrogen) atoms. The third kappa shape index (κ3) is 1.61. The van der Waals surface area contributed by atoms with E-state index in [0.29, 0.717) is 0 Å². The van der Waals surface area contributed by atoms with E-state index in [9.17, 15) is 5.11 Å². The normalized spacial score (nSPS) is 10.7. The molecule has 0 saturated heterocycles. The topological polar surface area (TPSA) is 40.5 Å². The highest BCUT2D eigenvalue weighted by atomic mass is 79.9. The number of halogens is 1. The lowest BCUT2D eigenvalue weighted by Crippen LogP contribution is -1.83. The predicted octanol–water partition coefficient (Wildman–Crippen LogP) is 2.80. The molecule has 0 unspecified atom stereocenters. The first-order valence-corrected chi connectivity index (χ1v) is 5.02. The molecule has 72 valence electrons. The van der Waals surface area contributed by atoms with E-state index >= 15 is 0 Å². The first-order chi connectivity index (χ1) is 6.70. The van der Waals surface area contributed by atoms with Crippen molar-refractivity contribution in [3.8, 4) is 5.75 Å². The summed E-state index contributed by atoms with van der Waals surface area (Å²) >= 11 is 3.37. The van der Waals surface area contributed by atoms with Gasteiger partial charge >= 0.3 is 0 Å². The fourth-order valence-corrected chi connectivity index (χ4v) is 2.02. The van der Waals surface area contributed by atoms with Gasteiger partial charge in [-0.2, -0.15) is 0 Å². The maximum atomic E-state index is 9.36. The molecule has 2 N–H and O–H groups in total. The molecule has 0 aliphatic heterocycles. The predicted molar refractivity (Wildman–Crippen MR) is 59.2 cm³/mol. The second-order valence-corrected chi connectivity index (χ2v) is 4.00. The molecule has 2 rings (SSSR count). The first-order valence-electron chi connectivity index (χ1n) is 4.23. The minimum atomic E-state index is 0.0310. The summed E-state index contributed by atoms with van der Waals surface area (Å²) in [4.78, 5) is 0. The van der Waals surface area contributed by atoms with Crippen molar-refractivity contribution in [3.05, 3.63) is 40.4 Å². The maximum absolute atomic E-state index is 9.36. The van der Waals surface area contributed by atoms with Gasteiger partial charge in [0.15, 0.2) is 0 Å². The van der Waals surface area contributed by atoms with Gasteiger partial charge in [-0.1, -0.05) is 28.1 Å². The SMILES string of the molecule is OCc1ccc2cc(O)cc(Br)c2c1. The van der Waals surface area contributed by atoms with Crippen LogP contribution in [0.1, 0.15) is 5.56 Å². The zero-order valence-electron chi connectivity index (χ0n) is 7.37. The van der Waals surface area contributed by atoms with E-state index in [1.54, 1.807) is 12.1 Å². The van der Waals surface area contributed by atoms with Crippen LogP contribution in [0.25, 0.3) is 10.8 Å². The number of phenols is 1. The van der Waals surface area contributed by atoms with Crippen molar-refractivity contribution < 1.29 is 10.2 Å². The van der Waals surface area contributed by atoms with Gasteiger partial charge in [0.25, 0.3) is 0 Å². The van der Waals surface area contributed by atoms with E-state index in [0.717, 1.165) is 20.8 Å². The van der Waals surface area contributed by atoms with Gasteiger partial charge in [0.05, 0.1) is 6.61 Å². The molecule has 2 aromatic carbocycles. The number of benzene rings is 2. The lowest BCUT2D eigenvalue weighted by Gasteiger charge is -2.04. The minimum absolute atomic E-state index is 0.0310. The van der Waals surface area contributed by atoms with Crippen LogP contribution in [0.15, 0.2) is 34.8 Å². The van der Waals surface area contributed by atoms with Crippen LogP contribution in [0.3, 0.4) is 0 Å². The molecule has 0 spiro atoms. The summed E-state index contributed by atoms with van der Waals surface area (Å²) in [5, 5.41) is 20.3. The number of aliphatic hydroxyl groups excluding tert-OH is 1. The maximum Gasteiger partial charge on any atom is 0.117 e. The molecule has 3 heteroatoms. The fourth-order valence-electron chi connectivity index (χ4n) is 1.44. The Morgan fingerprint density at radius 1 is 1.14 bits per heavy atom. The van der Waals surface area contributed by atoms with Crippen molar-refractivity contribution in [1.82, 2.24) is 0 Å². The highest BCUT2D eigenvalue weighted by Gasteiger charge is 2.02. The Labute approximate surface area is 89.9 Å². The number of aromatic hydroxyl groups is 1. The van der Waals surface area contributed by atoms with E-state index in [1.165, 1.54) is 0 Å². The van der Waals surface area contributed by atoms with Crippen LogP contribution < -0.4 is 0 Å². The molecule has 0 saturated carbocycles. The number of hydrogen-bond acceptors (Lipinski definition) is 2. The van der Waals surface area contributed by atoms with Crippen molar-refractivity contribution in [2.45, 2.75) is 6.61 Å². The summed E-state index contributed by atoms with van der Waals surface area (Å²) in [5.41, 5.74) is 0.865. The van der Waals surface area contributed by atoms with E-state index in [1.807, 2.05) is 18.2 Å². The molecule has 0 bridgehead atoms. The zero-order chi connectivity index (χ0) is 10.1. The summed E-state index contributed by atoms with van der Waals surface area (Å²) in [6.45, 7) is 0.0310. The Bertz CT molecular complexity index is 480. The van der Waals surface area contributed by atoms with Crippen LogP contribution in [0.4, 0.5) is 0 Å². The van der Waals surface area contributed by atoms with Crippen molar-refractivity contribution in [1.29, 1.82) is 0 Å². The second-order valence-electron chi connectivity index (χ2n) is 3.14. The van der Waals surface area contributed by atoms with Gasteiger partial charge in [-0.3, -0.25) is 0 Å². The van der Waals surface area contributed by atoms with Crippen molar-refractivity contribution in [2.75, 3.05) is 0 Å². The average Bonchev–Trinajstić information content (AvgIpc) is 2.17. The first kappa shape index (κ1) is 9.49. The average molecular weight is 253 g/mol. The molecular weight excluding hydrogens is 244 g/mol. The van der Waals surface area contributed by atoms with Gasteiger partial charge in [-0.25, -0.2) is 0 Å². The molecule has 0 amide bonds. The molecule has 0 radical (unpaired) electrons. The van der Waals surface area contributed by atoms with Crippen molar-refractivity contribution >= 4 is 26.7 Å². The molecule has 2 nitrogen and oxygen atoms in total. The summed E-state index contributed by atoms with van der Waals surface area (Å²) in [6.07, 6.45) is 0. The number of phenolic OH excluding ortho intramolecular Hbond substituents is 1. The van der Waals surface area contributed by atoms with Gasteiger partial charge in [0.2, 0.25) is 0 Å². The van der Waals surface area contributed by atoms with Crippen LogP contribution >= 0.6 is 15.9 Å². The highest BCUT2D eigenvalue weighted by molar-refractivity contribution is 9.10. The van der Waals surface area contributed by atoms with Gasteiger partial charge in [0, 0.05) is 4.47 Å². The molecule has 0 atom stereocenters. The zero-order valence-corrected chi connectivity index (χ0v) is 8.95. The molecule has 0 aliphatic carbocycles. The molecule has 2 aromatic rings. The van der Waals surface area contributed by atoms with Gasteiger partial charge in [-0.15, -0.1) is 0 Å². The summed E-state index contributed by atoms with van der Waals surface area (Å²) < 4.78 is 0.836. The van der Waals surface area contributed by atoms with E-state index < -0.39 is 0 Å². The monoisotopic (exact) mass is 252 g/mol. The third-order valence-corrected chi connectivity index (χ3v) is 2.79. The Balaban J connectivity index is 2.75. The summed E-state index contributed by atoms with van der Waals surface area (Å²) in [6, 6.07) is 8.96. The number of rotatable bonds is 1. The minimum Gasteiger partial charge on any atom is -0.508 e. The molecule has 0 aromatic heterocycles. The van der Waals surface area contributed by atoms with Crippen LogP contribution in [0.2, 0.25) is 0 Å². The van der Waals surface area contributed by atoms with E-state index in [2.05, 4.69) is 15.9 Å². The molecule has 0 fully saturated rings. The third-order valence-electron chi connectivity index (χ3n) is 2.14. The van der Waals surface area contributed by atoms with Crippen molar-refractivity contribution in [3.63, 3.8) is 0 Å². The van der Waals surface area contributed by atoms with Gasteiger partial charge in [0.1, 0.15) is 5.75 Å². The van der Waals surface area contributed by atoms with Crippen LogP contribution in [-0.4, -0.2) is 10.2 Å². The quantitative estimate of drug-likeness (QED) is 0.820. The van der Waals surface area contributed by atoms with Crippen LogP contribution in [0.5, 0.6) is 5.75 Å². The summed E-state index contributed by atoms with van der Waals surface area (Å²) in [7, 11) is 0. The molecular formula is C11H9BrO2. The largest absolute Gasteiger partial charge is 0.508 e. The van der Waals surface area contributed by atoms with Crippen LogP contribution in [-0.2, 0) is 6.61 Å². The fraction of sp³-hybridized carbons (Fsp3) is 0.0909. The Kier molecular flexibility index (Phi) is 2.44. The Morgan fingerprint density at radius 3 is 2.64 bits per heavy atom. The Hall–Kier alpha value is -1.06. The number of hydrogen-bond donors (Lipinski definition) is 2. The molecule has 0 heterocycles. The highest BCUT2D eigenvalue weighted by Crippen LogP contribution is 2.29. The van der Waals surface area contributed by atoms with Gasteiger partial charge in [-0.05, 0) is 34.5 Å².